The number of hydrogen-bond acceptors (Lipinski definition) is 2. The molecule has 2 nitrogen and oxygen atoms in total. The quantitative estimate of drug-likeness (QED) is 0.887. The van der Waals surface area contributed by atoms with Crippen LogP contribution >= 0.6 is 0 Å². The summed E-state index contributed by atoms with van der Waals surface area (Å²) in [5.74, 6) is 0.553. The van der Waals surface area contributed by atoms with Crippen LogP contribution in [0.5, 0.6) is 5.75 Å². The molecule has 2 N–H and O–H groups in total. The minimum Gasteiger partial charge on any atom is -0.493 e. The molecule has 100 valence electrons. The minimum absolute atomic E-state index is 0.192. The third-order valence-corrected chi connectivity index (χ3v) is 2.93. The molecule has 0 unspecified atom stereocenters. The molecule has 2 rings (SSSR count). The Morgan fingerprint density at radius 3 is 2.68 bits per heavy atom. The van der Waals surface area contributed by atoms with Gasteiger partial charge in [0.2, 0.25) is 0 Å². The molecular weight excluding hydrogens is 241 g/mol. The molecule has 0 amide bonds. The number of para-hydroxylation sites is 1. The summed E-state index contributed by atoms with van der Waals surface area (Å²) in [6, 6.07) is 12.8. The van der Waals surface area contributed by atoms with Crippen LogP contribution in [0.15, 0.2) is 42.5 Å². The third kappa shape index (κ3) is 3.12. The van der Waals surface area contributed by atoms with Crippen LogP contribution in [0.25, 0.3) is 11.1 Å². The summed E-state index contributed by atoms with van der Waals surface area (Å²) in [7, 11) is 0. The highest BCUT2D eigenvalue weighted by Crippen LogP contribution is 2.31. The van der Waals surface area contributed by atoms with Crippen molar-refractivity contribution in [3.8, 4) is 16.9 Å². The Kier molecular flexibility index (Phi) is 4.53. The van der Waals surface area contributed by atoms with Gasteiger partial charge in [0.15, 0.2) is 0 Å². The van der Waals surface area contributed by atoms with E-state index in [9.17, 15) is 4.39 Å². The normalized spacial score (nSPS) is 10.5. The Morgan fingerprint density at radius 2 is 1.95 bits per heavy atom. The van der Waals surface area contributed by atoms with E-state index in [1.165, 1.54) is 6.07 Å². The predicted octanol–water partition coefficient (Wildman–Crippen LogP) is 3.74. The maximum Gasteiger partial charge on any atom is 0.127 e. The van der Waals surface area contributed by atoms with Crippen molar-refractivity contribution in [2.24, 2.45) is 5.73 Å². The van der Waals surface area contributed by atoms with E-state index in [0.29, 0.717) is 12.2 Å². The van der Waals surface area contributed by atoms with Crippen LogP contribution in [0, 0.1) is 5.82 Å². The summed E-state index contributed by atoms with van der Waals surface area (Å²) in [5, 5.41) is 0. The van der Waals surface area contributed by atoms with Gasteiger partial charge in [0.1, 0.15) is 11.6 Å². The molecule has 0 aliphatic heterocycles. The van der Waals surface area contributed by atoms with Crippen molar-refractivity contribution >= 4 is 0 Å². The number of nitrogens with two attached hydrogens (primary N) is 1. The van der Waals surface area contributed by atoms with E-state index in [1.807, 2.05) is 24.3 Å². The average Bonchev–Trinajstić information content (AvgIpc) is 2.46. The van der Waals surface area contributed by atoms with Gasteiger partial charge in [-0.15, -0.1) is 0 Å². The standard InChI is InChI=1S/C16H18FNO/c1-2-9-19-16-6-4-3-5-14(16)12-7-8-15(17)13(10-12)11-18/h3-8,10H,2,9,11,18H2,1H3. The zero-order valence-electron chi connectivity index (χ0n) is 11.0. The highest BCUT2D eigenvalue weighted by Gasteiger charge is 2.08. The van der Waals surface area contributed by atoms with Gasteiger partial charge in [-0.3, -0.25) is 0 Å². The molecule has 0 aliphatic carbocycles. The van der Waals surface area contributed by atoms with E-state index < -0.39 is 0 Å². The SMILES string of the molecule is CCCOc1ccccc1-c1ccc(F)c(CN)c1. The Labute approximate surface area is 113 Å². The fourth-order valence-corrected chi connectivity index (χ4v) is 1.94. The summed E-state index contributed by atoms with van der Waals surface area (Å²) in [4.78, 5) is 0. The van der Waals surface area contributed by atoms with E-state index in [2.05, 4.69) is 6.92 Å². The van der Waals surface area contributed by atoms with Gasteiger partial charge in [-0.05, 0) is 30.2 Å². The molecule has 2 aromatic rings. The maximum absolute atomic E-state index is 13.5. The van der Waals surface area contributed by atoms with E-state index in [4.69, 9.17) is 10.5 Å². The number of rotatable bonds is 5. The molecule has 3 heteroatoms. The van der Waals surface area contributed by atoms with Gasteiger partial charge in [-0.1, -0.05) is 31.2 Å². The van der Waals surface area contributed by atoms with E-state index in [-0.39, 0.29) is 12.4 Å². The van der Waals surface area contributed by atoms with Gasteiger partial charge in [0.05, 0.1) is 6.61 Å². The number of halogens is 1. The average molecular weight is 259 g/mol. The molecule has 0 radical (unpaired) electrons. The lowest BCUT2D eigenvalue weighted by molar-refractivity contribution is 0.318. The Morgan fingerprint density at radius 1 is 1.16 bits per heavy atom. The first kappa shape index (κ1) is 13.6. The van der Waals surface area contributed by atoms with Gasteiger partial charge in [0.25, 0.3) is 0 Å². The van der Waals surface area contributed by atoms with Crippen LogP contribution in [0.2, 0.25) is 0 Å². The highest BCUT2D eigenvalue weighted by atomic mass is 19.1. The van der Waals surface area contributed by atoms with Gasteiger partial charge in [-0.2, -0.15) is 0 Å². The molecule has 0 aliphatic rings. The second-order valence-electron chi connectivity index (χ2n) is 4.35. The summed E-state index contributed by atoms with van der Waals surface area (Å²) in [6.07, 6.45) is 0.950. The molecule has 0 heterocycles. The van der Waals surface area contributed by atoms with E-state index in [1.54, 1.807) is 12.1 Å². The molecule has 0 bridgehead atoms. The fourth-order valence-electron chi connectivity index (χ4n) is 1.94. The molecule has 2 aromatic carbocycles. The summed E-state index contributed by atoms with van der Waals surface area (Å²) >= 11 is 0. The van der Waals surface area contributed by atoms with Crippen molar-refractivity contribution in [3.63, 3.8) is 0 Å². The predicted molar refractivity (Wildman–Crippen MR) is 75.5 cm³/mol. The van der Waals surface area contributed by atoms with Crippen LogP contribution in [-0.2, 0) is 6.54 Å². The second-order valence-corrected chi connectivity index (χ2v) is 4.35. The van der Waals surface area contributed by atoms with Gasteiger partial charge in [0, 0.05) is 17.7 Å². The molecule has 0 fully saturated rings. The molecular formula is C16H18FNO. The van der Waals surface area contributed by atoms with Crippen molar-refractivity contribution < 1.29 is 9.13 Å². The minimum atomic E-state index is -0.266. The summed E-state index contributed by atoms with van der Waals surface area (Å²) < 4.78 is 19.2. The molecule has 0 atom stereocenters. The maximum atomic E-state index is 13.5. The second kappa shape index (κ2) is 6.34. The first-order valence-electron chi connectivity index (χ1n) is 6.47. The number of ether oxygens (including phenoxy) is 1. The Hall–Kier alpha value is -1.87. The lowest BCUT2D eigenvalue weighted by Gasteiger charge is -2.12. The summed E-state index contributed by atoms with van der Waals surface area (Å²) in [6.45, 7) is 2.92. The molecule has 0 aromatic heterocycles. The molecule has 0 spiro atoms. The van der Waals surface area contributed by atoms with Gasteiger partial charge < -0.3 is 10.5 Å². The Balaban J connectivity index is 2.40. The van der Waals surface area contributed by atoms with Crippen molar-refractivity contribution in [1.29, 1.82) is 0 Å². The summed E-state index contributed by atoms with van der Waals surface area (Å²) in [5.41, 5.74) is 7.95. The zero-order chi connectivity index (χ0) is 13.7. The van der Waals surface area contributed by atoms with Crippen LogP contribution < -0.4 is 10.5 Å². The third-order valence-electron chi connectivity index (χ3n) is 2.93. The van der Waals surface area contributed by atoms with Crippen LogP contribution in [0.3, 0.4) is 0 Å². The number of benzene rings is 2. The monoisotopic (exact) mass is 259 g/mol. The van der Waals surface area contributed by atoms with Crippen molar-refractivity contribution in [2.75, 3.05) is 6.61 Å². The smallest absolute Gasteiger partial charge is 0.127 e. The van der Waals surface area contributed by atoms with Crippen LogP contribution in [-0.4, -0.2) is 6.61 Å². The highest BCUT2D eigenvalue weighted by molar-refractivity contribution is 5.71. The van der Waals surface area contributed by atoms with Crippen LogP contribution in [0.4, 0.5) is 4.39 Å². The lowest BCUT2D eigenvalue weighted by Crippen LogP contribution is -2.01. The number of hydrogen-bond donors (Lipinski definition) is 1. The van der Waals surface area contributed by atoms with Crippen molar-refractivity contribution in [2.45, 2.75) is 19.9 Å². The van der Waals surface area contributed by atoms with Crippen molar-refractivity contribution in [1.82, 2.24) is 0 Å². The molecule has 0 saturated carbocycles. The first-order chi connectivity index (χ1) is 9.26. The van der Waals surface area contributed by atoms with E-state index in [0.717, 1.165) is 23.3 Å². The van der Waals surface area contributed by atoms with Gasteiger partial charge in [-0.25, -0.2) is 4.39 Å². The molecule has 19 heavy (non-hydrogen) atoms. The van der Waals surface area contributed by atoms with Gasteiger partial charge >= 0.3 is 0 Å². The molecule has 0 saturated heterocycles. The zero-order valence-corrected chi connectivity index (χ0v) is 11.0. The topological polar surface area (TPSA) is 35.2 Å². The fraction of sp³-hybridized carbons (Fsp3) is 0.250. The van der Waals surface area contributed by atoms with E-state index >= 15 is 0 Å². The largest absolute Gasteiger partial charge is 0.493 e. The van der Waals surface area contributed by atoms with Crippen LogP contribution in [0.1, 0.15) is 18.9 Å². The van der Waals surface area contributed by atoms with Crippen molar-refractivity contribution in [3.05, 3.63) is 53.8 Å². The Bertz CT molecular complexity index is 554. The first-order valence-corrected chi connectivity index (χ1v) is 6.47. The lowest BCUT2D eigenvalue weighted by atomic mass is 10.0.